The maximum absolute atomic E-state index is 6.12. The van der Waals surface area contributed by atoms with Gasteiger partial charge >= 0.3 is 8.80 Å². The van der Waals surface area contributed by atoms with Gasteiger partial charge in [0.15, 0.2) is 0 Å². The zero-order chi connectivity index (χ0) is 17.5. The van der Waals surface area contributed by atoms with E-state index >= 15 is 0 Å². The third kappa shape index (κ3) is 6.39. The van der Waals surface area contributed by atoms with Crippen LogP contribution < -0.4 is 4.90 Å². The monoisotopic (exact) mass is 355 g/mol. The van der Waals surface area contributed by atoms with Crippen molar-refractivity contribution in [2.75, 3.05) is 31.9 Å². The predicted molar refractivity (Wildman–Crippen MR) is 103 cm³/mol. The standard InChI is InChI=1S/C17H33NO3Si2/c1-17(2,3)18(16-11-9-8-10-12-16)13-14-23(19-4,20-5)21-15-22(6)7/h8-12,22H,13-15H2,1-7H3. The van der Waals surface area contributed by atoms with Crippen molar-refractivity contribution < 1.29 is 13.3 Å². The van der Waals surface area contributed by atoms with Gasteiger partial charge in [0.25, 0.3) is 0 Å². The number of hydrogen-bond donors (Lipinski definition) is 0. The molecule has 0 heterocycles. The lowest BCUT2D eigenvalue weighted by Crippen LogP contribution is -2.50. The first-order chi connectivity index (χ1) is 10.7. The van der Waals surface area contributed by atoms with Gasteiger partial charge in [-0.3, -0.25) is 0 Å². The van der Waals surface area contributed by atoms with Gasteiger partial charge in [-0.05, 0) is 32.9 Å². The van der Waals surface area contributed by atoms with E-state index in [0.717, 1.165) is 18.8 Å². The van der Waals surface area contributed by atoms with Crippen LogP contribution in [0.2, 0.25) is 19.1 Å². The van der Waals surface area contributed by atoms with Crippen LogP contribution >= 0.6 is 0 Å². The van der Waals surface area contributed by atoms with E-state index in [4.69, 9.17) is 13.3 Å². The van der Waals surface area contributed by atoms with Gasteiger partial charge < -0.3 is 18.2 Å². The van der Waals surface area contributed by atoms with Crippen LogP contribution in [0.25, 0.3) is 0 Å². The average molecular weight is 356 g/mol. The normalized spacial score (nSPS) is 12.7. The Balaban J connectivity index is 2.86. The Kier molecular flexibility index (Phi) is 7.96. The second kappa shape index (κ2) is 8.98. The van der Waals surface area contributed by atoms with Crippen molar-refractivity contribution in [3.63, 3.8) is 0 Å². The Morgan fingerprint density at radius 2 is 1.61 bits per heavy atom. The first-order valence-corrected chi connectivity index (χ1v) is 13.4. The highest BCUT2D eigenvalue weighted by atomic mass is 28.4. The van der Waals surface area contributed by atoms with Gasteiger partial charge in [0.1, 0.15) is 0 Å². The lowest BCUT2D eigenvalue weighted by Gasteiger charge is -2.39. The second-order valence-electron chi connectivity index (χ2n) is 7.20. The maximum Gasteiger partial charge on any atom is 0.501 e. The van der Waals surface area contributed by atoms with Gasteiger partial charge in [-0.1, -0.05) is 31.3 Å². The molecule has 0 aliphatic carbocycles. The Labute approximate surface area is 144 Å². The van der Waals surface area contributed by atoms with Crippen molar-refractivity contribution in [3.8, 4) is 0 Å². The molecule has 0 aliphatic rings. The number of hydrogen-bond acceptors (Lipinski definition) is 4. The maximum atomic E-state index is 6.12. The van der Waals surface area contributed by atoms with E-state index in [1.807, 2.05) is 6.07 Å². The number of nitrogens with zero attached hydrogens (tertiary/aromatic N) is 1. The van der Waals surface area contributed by atoms with Gasteiger partial charge in [-0.2, -0.15) is 0 Å². The van der Waals surface area contributed by atoms with E-state index in [2.05, 4.69) is 63.0 Å². The molecular formula is C17H33NO3Si2. The molecule has 1 rings (SSSR count). The molecule has 0 aliphatic heterocycles. The Morgan fingerprint density at radius 1 is 1.04 bits per heavy atom. The van der Waals surface area contributed by atoms with Crippen molar-refractivity contribution in [1.82, 2.24) is 0 Å². The second-order valence-corrected chi connectivity index (χ2v) is 13.3. The Bertz CT molecular complexity index is 445. The number of para-hydroxylation sites is 1. The summed E-state index contributed by atoms with van der Waals surface area (Å²) in [4.78, 5) is 2.39. The third-order valence-corrected chi connectivity index (χ3v) is 7.63. The van der Waals surface area contributed by atoms with Crippen LogP contribution in [0.5, 0.6) is 0 Å². The van der Waals surface area contributed by atoms with Gasteiger partial charge in [0, 0.05) is 44.3 Å². The fourth-order valence-electron chi connectivity index (χ4n) is 2.48. The lowest BCUT2D eigenvalue weighted by atomic mass is 10.0. The molecule has 132 valence electrons. The predicted octanol–water partition coefficient (Wildman–Crippen LogP) is 3.57. The van der Waals surface area contributed by atoms with Crippen molar-refractivity contribution in [2.24, 2.45) is 0 Å². The molecule has 0 saturated heterocycles. The fourth-order valence-corrected chi connectivity index (χ4v) is 6.28. The van der Waals surface area contributed by atoms with Crippen LogP contribution in [0.15, 0.2) is 30.3 Å². The summed E-state index contributed by atoms with van der Waals surface area (Å²) >= 11 is 0. The minimum absolute atomic E-state index is 0.0236. The molecule has 0 N–H and O–H groups in total. The molecule has 0 radical (unpaired) electrons. The Hall–Kier alpha value is -0.666. The molecule has 0 amide bonds. The third-order valence-electron chi connectivity index (χ3n) is 3.78. The molecule has 0 bridgehead atoms. The molecule has 4 nitrogen and oxygen atoms in total. The summed E-state index contributed by atoms with van der Waals surface area (Å²) in [7, 11) is 0.0301. The molecule has 0 saturated carbocycles. The summed E-state index contributed by atoms with van der Waals surface area (Å²) in [6.45, 7) is 12.1. The fraction of sp³-hybridized carbons (Fsp3) is 0.647. The molecule has 0 atom stereocenters. The molecule has 0 aromatic heterocycles. The lowest BCUT2D eigenvalue weighted by molar-refractivity contribution is 0.115. The van der Waals surface area contributed by atoms with Gasteiger partial charge in [0.2, 0.25) is 0 Å². The number of benzene rings is 1. The summed E-state index contributed by atoms with van der Waals surface area (Å²) in [5, 5.41) is 0. The molecular weight excluding hydrogens is 322 g/mol. The smallest absolute Gasteiger partial charge is 0.377 e. The van der Waals surface area contributed by atoms with Crippen LogP contribution in [-0.2, 0) is 13.3 Å². The largest absolute Gasteiger partial charge is 0.501 e. The van der Waals surface area contributed by atoms with Crippen molar-refractivity contribution in [2.45, 2.75) is 45.4 Å². The van der Waals surface area contributed by atoms with Crippen molar-refractivity contribution in [1.29, 1.82) is 0 Å². The van der Waals surface area contributed by atoms with E-state index in [9.17, 15) is 0 Å². The van der Waals surface area contributed by atoms with E-state index < -0.39 is 17.6 Å². The zero-order valence-corrected chi connectivity index (χ0v) is 17.9. The molecule has 23 heavy (non-hydrogen) atoms. The average Bonchev–Trinajstić information content (AvgIpc) is 2.50. The molecule has 0 spiro atoms. The van der Waals surface area contributed by atoms with Crippen LogP contribution in [0.3, 0.4) is 0 Å². The van der Waals surface area contributed by atoms with E-state index in [-0.39, 0.29) is 5.54 Å². The van der Waals surface area contributed by atoms with Crippen LogP contribution in [0, 0.1) is 0 Å². The highest BCUT2D eigenvalue weighted by molar-refractivity contribution is 6.63. The number of rotatable bonds is 9. The zero-order valence-electron chi connectivity index (χ0n) is 15.8. The molecule has 0 unspecified atom stereocenters. The Morgan fingerprint density at radius 3 is 2.04 bits per heavy atom. The highest BCUT2D eigenvalue weighted by Crippen LogP contribution is 2.26. The topological polar surface area (TPSA) is 30.9 Å². The highest BCUT2D eigenvalue weighted by Gasteiger charge is 2.40. The van der Waals surface area contributed by atoms with E-state index in [1.54, 1.807) is 14.2 Å². The van der Waals surface area contributed by atoms with Gasteiger partial charge in [-0.25, -0.2) is 0 Å². The molecule has 1 aromatic rings. The first-order valence-electron chi connectivity index (χ1n) is 8.31. The SMILES string of the molecule is CO[Si](CCN(c1ccccc1)C(C)(C)C)(OC)OC[SiH](C)C. The summed E-state index contributed by atoms with van der Waals surface area (Å²) < 4.78 is 17.6. The molecule has 0 fully saturated rings. The van der Waals surface area contributed by atoms with Crippen molar-refractivity contribution >= 4 is 23.3 Å². The molecule has 6 heteroatoms. The summed E-state index contributed by atoms with van der Waals surface area (Å²) in [6.07, 6.45) is 0.800. The molecule has 1 aromatic carbocycles. The minimum Gasteiger partial charge on any atom is -0.377 e. The summed E-state index contributed by atoms with van der Waals surface area (Å²) in [6, 6.07) is 11.3. The first kappa shape index (κ1) is 20.4. The van der Waals surface area contributed by atoms with E-state index in [1.165, 1.54) is 5.69 Å². The van der Waals surface area contributed by atoms with E-state index in [0.29, 0.717) is 0 Å². The minimum atomic E-state index is -2.59. The van der Waals surface area contributed by atoms with Crippen LogP contribution in [0.4, 0.5) is 5.69 Å². The van der Waals surface area contributed by atoms with Gasteiger partial charge in [0.05, 0.1) is 8.80 Å². The van der Waals surface area contributed by atoms with Crippen LogP contribution in [-0.4, -0.2) is 50.1 Å². The quantitative estimate of drug-likeness (QED) is 0.634. The van der Waals surface area contributed by atoms with Crippen LogP contribution in [0.1, 0.15) is 20.8 Å². The van der Waals surface area contributed by atoms with Crippen molar-refractivity contribution in [3.05, 3.63) is 30.3 Å². The number of anilines is 1. The summed E-state index contributed by atoms with van der Waals surface area (Å²) in [5.41, 5.74) is 1.24. The van der Waals surface area contributed by atoms with Gasteiger partial charge in [-0.15, -0.1) is 0 Å². The summed E-state index contributed by atoms with van der Waals surface area (Å²) in [5.74, 6) is 0.